The van der Waals surface area contributed by atoms with E-state index in [4.69, 9.17) is 0 Å². The lowest BCUT2D eigenvalue weighted by Gasteiger charge is -2.34. The number of hydrogen-bond acceptors (Lipinski definition) is 4. The lowest BCUT2D eigenvalue weighted by atomic mass is 10.2. The number of amides is 2. The van der Waals surface area contributed by atoms with Gasteiger partial charge >= 0.3 is 0 Å². The number of benzene rings is 2. The van der Waals surface area contributed by atoms with E-state index >= 15 is 0 Å². The molecule has 31 heavy (non-hydrogen) atoms. The zero-order chi connectivity index (χ0) is 21.5. The summed E-state index contributed by atoms with van der Waals surface area (Å²) in [5.41, 5.74) is 2.96. The molecule has 1 aliphatic rings. The molecule has 0 saturated carbocycles. The Balaban J connectivity index is 1.20. The Morgan fingerprint density at radius 2 is 1.55 bits per heavy atom. The second kappa shape index (κ2) is 10.0. The number of para-hydroxylation sites is 1. The van der Waals surface area contributed by atoms with Gasteiger partial charge in [-0.3, -0.25) is 14.5 Å². The van der Waals surface area contributed by atoms with Crippen molar-refractivity contribution in [2.75, 3.05) is 32.7 Å². The molecule has 2 amide bonds. The summed E-state index contributed by atoms with van der Waals surface area (Å²) in [7, 11) is 0. The van der Waals surface area contributed by atoms with Gasteiger partial charge in [-0.15, -0.1) is 0 Å². The summed E-state index contributed by atoms with van der Waals surface area (Å²) in [6, 6.07) is 19.7. The van der Waals surface area contributed by atoms with Gasteiger partial charge in [-0.2, -0.15) is 5.10 Å². The molecule has 3 aromatic rings. The van der Waals surface area contributed by atoms with Crippen LogP contribution in [0.3, 0.4) is 0 Å². The Labute approximate surface area is 182 Å². The topological polar surface area (TPSA) is 70.5 Å². The second-order valence-corrected chi connectivity index (χ2v) is 7.72. The number of hydrogen-bond donors (Lipinski definition) is 1. The Morgan fingerprint density at radius 3 is 2.26 bits per heavy atom. The molecule has 1 aromatic heterocycles. The summed E-state index contributed by atoms with van der Waals surface area (Å²) in [5, 5.41) is 7.32. The normalized spacial score (nSPS) is 14.4. The Morgan fingerprint density at radius 1 is 0.871 bits per heavy atom. The van der Waals surface area contributed by atoms with Gasteiger partial charge in [-0.1, -0.05) is 48.5 Å². The van der Waals surface area contributed by atoms with E-state index in [1.54, 1.807) is 10.9 Å². The van der Waals surface area contributed by atoms with Crippen LogP contribution in [0.2, 0.25) is 0 Å². The van der Waals surface area contributed by atoms with E-state index in [1.165, 1.54) is 0 Å². The van der Waals surface area contributed by atoms with Gasteiger partial charge in [0.25, 0.3) is 0 Å². The smallest absolute Gasteiger partial charge is 0.234 e. The summed E-state index contributed by atoms with van der Waals surface area (Å²) < 4.78 is 1.79. The highest BCUT2D eigenvalue weighted by Gasteiger charge is 2.22. The van der Waals surface area contributed by atoms with Gasteiger partial charge in [0.1, 0.15) is 0 Å². The maximum atomic E-state index is 12.7. The average molecular weight is 418 g/mol. The molecule has 1 N–H and O–H groups in total. The highest BCUT2D eigenvalue weighted by Crippen LogP contribution is 2.10. The number of piperazine rings is 1. The Kier molecular flexibility index (Phi) is 6.74. The quantitative estimate of drug-likeness (QED) is 0.637. The van der Waals surface area contributed by atoms with Crippen molar-refractivity contribution in [1.29, 1.82) is 0 Å². The number of carbonyl (C=O) groups excluding carboxylic acids is 2. The predicted octanol–water partition coefficient (Wildman–Crippen LogP) is 1.88. The van der Waals surface area contributed by atoms with Crippen molar-refractivity contribution in [2.24, 2.45) is 0 Å². The SMILES string of the molecule is O=C(CN1CCN(C(=O)Cc2cnn(-c3ccccc3)c2)CC1)NCc1ccccc1. The zero-order valence-corrected chi connectivity index (χ0v) is 17.5. The van der Waals surface area contributed by atoms with Crippen LogP contribution >= 0.6 is 0 Å². The average Bonchev–Trinajstić information content (AvgIpc) is 3.28. The van der Waals surface area contributed by atoms with Crippen molar-refractivity contribution in [3.63, 3.8) is 0 Å². The summed E-state index contributed by atoms with van der Waals surface area (Å²) in [5.74, 6) is 0.109. The largest absolute Gasteiger partial charge is 0.351 e. The summed E-state index contributed by atoms with van der Waals surface area (Å²) in [6.45, 7) is 3.57. The van der Waals surface area contributed by atoms with Crippen LogP contribution in [0.4, 0.5) is 0 Å². The van der Waals surface area contributed by atoms with Crippen LogP contribution in [0.5, 0.6) is 0 Å². The van der Waals surface area contributed by atoms with Crippen LogP contribution in [0, 0.1) is 0 Å². The van der Waals surface area contributed by atoms with Crippen LogP contribution < -0.4 is 5.32 Å². The number of nitrogens with zero attached hydrogens (tertiary/aromatic N) is 4. The lowest BCUT2D eigenvalue weighted by Crippen LogP contribution is -2.51. The number of rotatable bonds is 7. The van der Waals surface area contributed by atoms with E-state index in [1.807, 2.05) is 71.8 Å². The van der Waals surface area contributed by atoms with E-state index in [0.29, 0.717) is 45.7 Å². The minimum absolute atomic E-state index is 0.0111. The third kappa shape index (κ3) is 5.79. The molecule has 1 fully saturated rings. The minimum Gasteiger partial charge on any atom is -0.351 e. The lowest BCUT2D eigenvalue weighted by molar-refractivity contribution is -0.132. The number of nitrogens with one attached hydrogen (secondary N) is 1. The molecule has 4 rings (SSSR count). The fourth-order valence-corrected chi connectivity index (χ4v) is 3.67. The second-order valence-electron chi connectivity index (χ2n) is 7.72. The third-order valence-electron chi connectivity index (χ3n) is 5.44. The van der Waals surface area contributed by atoms with Crippen LogP contribution in [-0.2, 0) is 22.6 Å². The van der Waals surface area contributed by atoms with Crippen molar-refractivity contribution in [2.45, 2.75) is 13.0 Å². The van der Waals surface area contributed by atoms with Crippen LogP contribution in [0.25, 0.3) is 5.69 Å². The highest BCUT2D eigenvalue weighted by atomic mass is 16.2. The highest BCUT2D eigenvalue weighted by molar-refractivity contribution is 5.79. The molecule has 2 heterocycles. The van der Waals surface area contributed by atoms with Crippen LogP contribution in [-0.4, -0.2) is 64.1 Å². The van der Waals surface area contributed by atoms with Crippen molar-refractivity contribution >= 4 is 11.8 Å². The predicted molar refractivity (Wildman–Crippen MR) is 119 cm³/mol. The van der Waals surface area contributed by atoms with E-state index < -0.39 is 0 Å². The van der Waals surface area contributed by atoms with Crippen molar-refractivity contribution < 1.29 is 9.59 Å². The summed E-state index contributed by atoms with van der Waals surface area (Å²) in [6.07, 6.45) is 3.99. The maximum absolute atomic E-state index is 12.7. The van der Waals surface area contributed by atoms with Crippen LogP contribution in [0.15, 0.2) is 73.1 Å². The first-order valence-electron chi connectivity index (χ1n) is 10.6. The van der Waals surface area contributed by atoms with Gasteiger partial charge in [-0.05, 0) is 23.3 Å². The van der Waals surface area contributed by atoms with Crippen molar-refractivity contribution in [3.8, 4) is 5.69 Å². The van der Waals surface area contributed by atoms with Gasteiger partial charge < -0.3 is 10.2 Å². The number of carbonyl (C=O) groups is 2. The fourth-order valence-electron chi connectivity index (χ4n) is 3.67. The maximum Gasteiger partial charge on any atom is 0.234 e. The Bertz CT molecular complexity index is 995. The molecular weight excluding hydrogens is 390 g/mol. The molecule has 0 spiro atoms. The van der Waals surface area contributed by atoms with Crippen molar-refractivity contribution in [3.05, 3.63) is 84.2 Å². The molecule has 0 bridgehead atoms. The molecule has 7 heteroatoms. The van der Waals surface area contributed by atoms with Gasteiger partial charge in [-0.25, -0.2) is 4.68 Å². The summed E-state index contributed by atoms with van der Waals surface area (Å²) >= 11 is 0. The first-order valence-corrected chi connectivity index (χ1v) is 10.6. The monoisotopic (exact) mass is 417 g/mol. The molecule has 0 aliphatic carbocycles. The van der Waals surface area contributed by atoms with Crippen LogP contribution in [0.1, 0.15) is 11.1 Å². The van der Waals surface area contributed by atoms with E-state index in [2.05, 4.69) is 15.3 Å². The van der Waals surface area contributed by atoms with Gasteiger partial charge in [0.2, 0.25) is 11.8 Å². The fraction of sp³-hybridized carbons (Fsp3) is 0.292. The minimum atomic E-state index is 0.0111. The standard InChI is InChI=1S/C24H27N5O2/c30-23(25-16-20-7-3-1-4-8-20)19-27-11-13-28(14-12-27)24(31)15-21-17-26-29(18-21)22-9-5-2-6-10-22/h1-10,17-18H,11-16,19H2,(H,25,30). The molecule has 0 unspecified atom stereocenters. The van der Waals surface area contributed by atoms with E-state index in [9.17, 15) is 9.59 Å². The summed E-state index contributed by atoms with van der Waals surface area (Å²) in [4.78, 5) is 28.9. The van der Waals surface area contributed by atoms with E-state index in [0.717, 1.165) is 16.8 Å². The Hall–Kier alpha value is -3.45. The van der Waals surface area contributed by atoms with Gasteiger partial charge in [0.05, 0.1) is 24.8 Å². The van der Waals surface area contributed by atoms with Crippen molar-refractivity contribution in [1.82, 2.24) is 24.9 Å². The molecule has 0 atom stereocenters. The zero-order valence-electron chi connectivity index (χ0n) is 17.5. The molecular formula is C24H27N5O2. The molecule has 2 aromatic carbocycles. The molecule has 1 saturated heterocycles. The van der Waals surface area contributed by atoms with E-state index in [-0.39, 0.29) is 11.8 Å². The molecule has 1 aliphatic heterocycles. The first kappa shape index (κ1) is 20.8. The molecule has 0 radical (unpaired) electrons. The van der Waals surface area contributed by atoms with Gasteiger partial charge in [0.15, 0.2) is 0 Å². The molecule has 160 valence electrons. The third-order valence-corrected chi connectivity index (χ3v) is 5.44. The molecule has 7 nitrogen and oxygen atoms in total. The number of aromatic nitrogens is 2. The first-order chi connectivity index (χ1) is 15.2. The van der Waals surface area contributed by atoms with Gasteiger partial charge in [0, 0.05) is 38.9 Å².